The highest BCUT2D eigenvalue weighted by Gasteiger charge is 2.20. The molecule has 4 heteroatoms. The molecule has 2 aromatic rings. The summed E-state index contributed by atoms with van der Waals surface area (Å²) in [6.07, 6.45) is 1.43. The van der Waals surface area contributed by atoms with Crippen molar-refractivity contribution >= 4 is 27.5 Å². The standard InChI is InChI=1S/C19H21BrN2O/c20-17-7-9-18(10-8-17)21-12-14-22(15-13-21)19(23)11-6-16-4-2-1-3-5-16/h1-5,7-10H,6,11-15H2. The van der Waals surface area contributed by atoms with Crippen molar-refractivity contribution in [2.24, 2.45) is 0 Å². The number of anilines is 1. The summed E-state index contributed by atoms with van der Waals surface area (Å²) in [5.41, 5.74) is 2.46. The van der Waals surface area contributed by atoms with Gasteiger partial charge in [0, 0.05) is 42.8 Å². The third kappa shape index (κ3) is 4.35. The number of hydrogen-bond donors (Lipinski definition) is 0. The van der Waals surface area contributed by atoms with E-state index < -0.39 is 0 Å². The predicted molar refractivity (Wildman–Crippen MR) is 97.7 cm³/mol. The van der Waals surface area contributed by atoms with E-state index in [0.29, 0.717) is 6.42 Å². The summed E-state index contributed by atoms with van der Waals surface area (Å²) in [7, 11) is 0. The van der Waals surface area contributed by atoms with Crippen LogP contribution in [0.3, 0.4) is 0 Å². The van der Waals surface area contributed by atoms with Crippen LogP contribution in [0, 0.1) is 0 Å². The Morgan fingerprint density at radius 3 is 2.22 bits per heavy atom. The molecule has 0 aromatic heterocycles. The minimum Gasteiger partial charge on any atom is -0.368 e. The molecule has 0 spiro atoms. The van der Waals surface area contributed by atoms with E-state index in [9.17, 15) is 4.79 Å². The number of hydrogen-bond acceptors (Lipinski definition) is 2. The van der Waals surface area contributed by atoms with Crippen molar-refractivity contribution in [2.75, 3.05) is 31.1 Å². The lowest BCUT2D eigenvalue weighted by atomic mass is 10.1. The number of amides is 1. The molecular weight excluding hydrogens is 352 g/mol. The first kappa shape index (κ1) is 16.1. The maximum atomic E-state index is 12.4. The molecule has 0 N–H and O–H groups in total. The molecule has 0 atom stereocenters. The maximum absolute atomic E-state index is 12.4. The lowest BCUT2D eigenvalue weighted by Crippen LogP contribution is -2.48. The number of halogens is 1. The van der Waals surface area contributed by atoms with Crippen LogP contribution in [0.5, 0.6) is 0 Å². The van der Waals surface area contributed by atoms with Gasteiger partial charge < -0.3 is 9.80 Å². The number of piperazine rings is 1. The van der Waals surface area contributed by atoms with Crippen LogP contribution in [-0.4, -0.2) is 37.0 Å². The second-order valence-electron chi connectivity index (χ2n) is 5.83. The molecule has 0 aliphatic carbocycles. The van der Waals surface area contributed by atoms with Crippen molar-refractivity contribution in [2.45, 2.75) is 12.8 Å². The fourth-order valence-corrected chi connectivity index (χ4v) is 3.18. The first-order chi connectivity index (χ1) is 11.2. The third-order valence-electron chi connectivity index (χ3n) is 4.29. The van der Waals surface area contributed by atoms with Crippen LogP contribution in [-0.2, 0) is 11.2 Å². The molecule has 120 valence electrons. The van der Waals surface area contributed by atoms with Crippen LogP contribution in [0.1, 0.15) is 12.0 Å². The normalized spacial score (nSPS) is 14.8. The number of rotatable bonds is 4. The van der Waals surface area contributed by atoms with Gasteiger partial charge in [-0.2, -0.15) is 0 Å². The minimum atomic E-state index is 0.268. The first-order valence-electron chi connectivity index (χ1n) is 8.04. The van der Waals surface area contributed by atoms with Gasteiger partial charge in [-0.1, -0.05) is 46.3 Å². The van der Waals surface area contributed by atoms with Crippen molar-refractivity contribution in [3.63, 3.8) is 0 Å². The van der Waals surface area contributed by atoms with Crippen molar-refractivity contribution in [3.8, 4) is 0 Å². The number of carbonyl (C=O) groups excluding carboxylic acids is 1. The highest BCUT2D eigenvalue weighted by atomic mass is 79.9. The molecule has 0 saturated carbocycles. The Hall–Kier alpha value is -1.81. The quantitative estimate of drug-likeness (QED) is 0.816. The topological polar surface area (TPSA) is 23.6 Å². The highest BCUT2D eigenvalue weighted by Crippen LogP contribution is 2.20. The number of carbonyl (C=O) groups is 1. The smallest absolute Gasteiger partial charge is 0.223 e. The summed E-state index contributed by atoms with van der Waals surface area (Å²) < 4.78 is 1.09. The van der Waals surface area contributed by atoms with E-state index in [1.807, 2.05) is 23.1 Å². The van der Waals surface area contributed by atoms with Gasteiger partial charge in [-0.25, -0.2) is 0 Å². The monoisotopic (exact) mass is 372 g/mol. The molecule has 23 heavy (non-hydrogen) atoms. The van der Waals surface area contributed by atoms with E-state index in [1.54, 1.807) is 0 Å². The van der Waals surface area contributed by atoms with Crippen molar-refractivity contribution in [3.05, 3.63) is 64.6 Å². The van der Waals surface area contributed by atoms with Crippen LogP contribution < -0.4 is 4.90 Å². The van der Waals surface area contributed by atoms with Crippen LogP contribution >= 0.6 is 15.9 Å². The summed E-state index contributed by atoms with van der Waals surface area (Å²) in [6, 6.07) is 18.6. The van der Waals surface area contributed by atoms with Gasteiger partial charge in [0.2, 0.25) is 5.91 Å². The second kappa shape index (κ2) is 7.64. The van der Waals surface area contributed by atoms with Crippen LogP contribution in [0.25, 0.3) is 0 Å². The molecule has 1 fully saturated rings. The number of aryl methyl sites for hydroxylation is 1. The van der Waals surface area contributed by atoms with Gasteiger partial charge in [-0.15, -0.1) is 0 Å². The van der Waals surface area contributed by atoms with Crippen molar-refractivity contribution < 1.29 is 4.79 Å². The van der Waals surface area contributed by atoms with Gasteiger partial charge in [0.15, 0.2) is 0 Å². The summed E-state index contributed by atoms with van der Waals surface area (Å²) >= 11 is 3.46. The van der Waals surface area contributed by atoms with Gasteiger partial charge in [-0.05, 0) is 36.2 Å². The van der Waals surface area contributed by atoms with Gasteiger partial charge in [0.25, 0.3) is 0 Å². The zero-order chi connectivity index (χ0) is 16.1. The Morgan fingerprint density at radius 1 is 0.913 bits per heavy atom. The van der Waals surface area contributed by atoms with Gasteiger partial charge in [-0.3, -0.25) is 4.79 Å². The van der Waals surface area contributed by atoms with Gasteiger partial charge in [0.1, 0.15) is 0 Å². The Morgan fingerprint density at radius 2 is 1.57 bits per heavy atom. The van der Waals surface area contributed by atoms with Gasteiger partial charge in [0.05, 0.1) is 0 Å². The van der Waals surface area contributed by atoms with Crippen molar-refractivity contribution in [1.82, 2.24) is 4.90 Å². The Labute approximate surface area is 146 Å². The van der Waals surface area contributed by atoms with Crippen LogP contribution in [0.2, 0.25) is 0 Å². The molecule has 0 unspecified atom stereocenters. The van der Waals surface area contributed by atoms with Gasteiger partial charge >= 0.3 is 0 Å². The average Bonchev–Trinajstić information content (AvgIpc) is 2.61. The molecule has 0 radical (unpaired) electrons. The lowest BCUT2D eigenvalue weighted by molar-refractivity contribution is -0.131. The second-order valence-corrected chi connectivity index (χ2v) is 6.75. The summed E-state index contributed by atoms with van der Waals surface area (Å²) in [5, 5.41) is 0. The zero-order valence-corrected chi connectivity index (χ0v) is 14.7. The van der Waals surface area contributed by atoms with E-state index in [4.69, 9.17) is 0 Å². The fourth-order valence-electron chi connectivity index (χ4n) is 2.92. The van der Waals surface area contributed by atoms with E-state index in [-0.39, 0.29) is 5.91 Å². The number of benzene rings is 2. The van der Waals surface area contributed by atoms with Crippen LogP contribution in [0.4, 0.5) is 5.69 Å². The zero-order valence-electron chi connectivity index (χ0n) is 13.1. The molecule has 1 heterocycles. The van der Waals surface area contributed by atoms with E-state index in [1.165, 1.54) is 11.3 Å². The maximum Gasteiger partial charge on any atom is 0.223 e. The Balaban J connectivity index is 1.48. The first-order valence-corrected chi connectivity index (χ1v) is 8.84. The summed E-state index contributed by atoms with van der Waals surface area (Å²) in [6.45, 7) is 3.42. The molecule has 0 bridgehead atoms. The lowest BCUT2D eigenvalue weighted by Gasteiger charge is -2.36. The summed E-state index contributed by atoms with van der Waals surface area (Å²) in [4.78, 5) is 16.7. The van der Waals surface area contributed by atoms with Crippen LogP contribution in [0.15, 0.2) is 59.1 Å². The predicted octanol–water partition coefficient (Wildman–Crippen LogP) is 3.73. The highest BCUT2D eigenvalue weighted by molar-refractivity contribution is 9.10. The van der Waals surface area contributed by atoms with E-state index >= 15 is 0 Å². The largest absolute Gasteiger partial charge is 0.368 e. The molecule has 1 aliphatic rings. The van der Waals surface area contributed by atoms with Crippen molar-refractivity contribution in [1.29, 1.82) is 0 Å². The molecule has 3 rings (SSSR count). The molecule has 1 amide bonds. The minimum absolute atomic E-state index is 0.268. The third-order valence-corrected chi connectivity index (χ3v) is 4.82. The SMILES string of the molecule is O=C(CCc1ccccc1)N1CCN(c2ccc(Br)cc2)CC1. The number of nitrogens with zero attached hydrogens (tertiary/aromatic N) is 2. The Bertz CT molecular complexity index is 634. The molecular formula is C19H21BrN2O. The van der Waals surface area contributed by atoms with E-state index in [2.05, 4.69) is 57.2 Å². The summed E-state index contributed by atoms with van der Waals surface area (Å²) in [5.74, 6) is 0.268. The Kier molecular flexibility index (Phi) is 5.34. The molecule has 1 saturated heterocycles. The average molecular weight is 373 g/mol. The van der Waals surface area contributed by atoms with E-state index in [0.717, 1.165) is 37.1 Å². The molecule has 3 nitrogen and oxygen atoms in total. The molecule has 1 aliphatic heterocycles. The molecule has 2 aromatic carbocycles. The fraction of sp³-hybridized carbons (Fsp3) is 0.316.